The van der Waals surface area contributed by atoms with E-state index in [4.69, 9.17) is 16.3 Å². The summed E-state index contributed by atoms with van der Waals surface area (Å²) in [6.45, 7) is 0. The Bertz CT molecular complexity index is 1440. The van der Waals surface area contributed by atoms with Gasteiger partial charge in [-0.25, -0.2) is 4.98 Å². The molecule has 0 unspecified atom stereocenters. The van der Waals surface area contributed by atoms with Crippen LogP contribution in [0.15, 0.2) is 69.9 Å². The number of hydrogen-bond donors (Lipinski definition) is 1. The first-order valence-corrected chi connectivity index (χ1v) is 11.8. The lowest BCUT2D eigenvalue weighted by atomic mass is 10.2. The smallest absolute Gasteiger partial charge is 0.268 e. The van der Waals surface area contributed by atoms with Gasteiger partial charge in [-0.1, -0.05) is 23.4 Å². The number of fused-ring (bicyclic) bond motifs is 1. The second kappa shape index (κ2) is 8.78. The lowest BCUT2D eigenvalue weighted by Crippen LogP contribution is -2.09. The van der Waals surface area contributed by atoms with Crippen LogP contribution >= 0.6 is 34.7 Å². The van der Waals surface area contributed by atoms with Gasteiger partial charge in [0.05, 0.1) is 18.4 Å². The summed E-state index contributed by atoms with van der Waals surface area (Å²) in [5.41, 5.74) is 2.35. The zero-order valence-electron chi connectivity index (χ0n) is 16.8. The molecule has 32 heavy (non-hydrogen) atoms. The lowest BCUT2D eigenvalue weighted by molar-refractivity contribution is 0.415. The molecule has 7 nitrogen and oxygen atoms in total. The molecule has 0 aliphatic heterocycles. The number of nitrogens with zero attached hydrogens (tertiary/aromatic N) is 4. The van der Waals surface area contributed by atoms with Crippen molar-refractivity contribution < 1.29 is 4.74 Å². The second-order valence-corrected chi connectivity index (χ2v) is 9.08. The van der Waals surface area contributed by atoms with Crippen LogP contribution in [0.5, 0.6) is 5.75 Å². The number of halogens is 1. The fraction of sp³-hybridized carbons (Fsp3) is 0.0909. The van der Waals surface area contributed by atoms with Gasteiger partial charge in [0.2, 0.25) is 0 Å². The van der Waals surface area contributed by atoms with Crippen molar-refractivity contribution in [3.8, 4) is 22.8 Å². The number of benzene rings is 2. The number of rotatable bonds is 6. The topological polar surface area (TPSA) is 85.7 Å². The molecule has 0 aliphatic carbocycles. The summed E-state index contributed by atoms with van der Waals surface area (Å²) in [6.07, 6.45) is 0. The fourth-order valence-corrected chi connectivity index (χ4v) is 4.91. The van der Waals surface area contributed by atoms with Gasteiger partial charge in [0, 0.05) is 16.3 Å². The number of ether oxygens (including phenoxy) is 1. The molecule has 0 spiro atoms. The van der Waals surface area contributed by atoms with Crippen molar-refractivity contribution in [2.45, 2.75) is 10.9 Å². The Morgan fingerprint density at radius 3 is 2.62 bits per heavy atom. The van der Waals surface area contributed by atoms with Crippen LogP contribution in [0.2, 0.25) is 5.02 Å². The first-order valence-electron chi connectivity index (χ1n) is 9.57. The Kier molecular flexibility index (Phi) is 5.69. The predicted molar refractivity (Wildman–Crippen MR) is 128 cm³/mol. The van der Waals surface area contributed by atoms with Gasteiger partial charge in [-0.3, -0.25) is 9.36 Å². The molecule has 3 heterocycles. The molecule has 3 aromatic heterocycles. The van der Waals surface area contributed by atoms with Crippen molar-refractivity contribution in [1.82, 2.24) is 24.7 Å². The Morgan fingerprint density at radius 2 is 1.88 bits per heavy atom. The highest BCUT2D eigenvalue weighted by Gasteiger charge is 2.17. The van der Waals surface area contributed by atoms with Crippen LogP contribution in [-0.2, 0) is 5.75 Å². The van der Waals surface area contributed by atoms with Crippen molar-refractivity contribution in [3.63, 3.8) is 0 Å². The molecule has 0 atom stereocenters. The van der Waals surface area contributed by atoms with E-state index < -0.39 is 0 Å². The van der Waals surface area contributed by atoms with Crippen LogP contribution in [0.25, 0.3) is 27.3 Å². The number of thiophene rings is 1. The van der Waals surface area contributed by atoms with E-state index in [-0.39, 0.29) is 5.56 Å². The normalized spacial score (nSPS) is 11.2. The first kappa shape index (κ1) is 20.7. The number of H-pyrrole nitrogens is 1. The molecule has 0 saturated heterocycles. The van der Waals surface area contributed by atoms with Gasteiger partial charge in [-0.05, 0) is 60.0 Å². The van der Waals surface area contributed by atoms with Crippen LogP contribution in [0.3, 0.4) is 0 Å². The summed E-state index contributed by atoms with van der Waals surface area (Å²) < 4.78 is 7.86. The van der Waals surface area contributed by atoms with Crippen LogP contribution in [0.1, 0.15) is 5.82 Å². The van der Waals surface area contributed by atoms with Gasteiger partial charge in [-0.15, -0.1) is 21.5 Å². The standard InChI is InChI=1S/C22H16ClN5O2S2/c1-30-16-8-2-13(3-9-16)20-26-27-22(28(20)15-6-4-14(23)5-7-15)32-12-18-24-17-10-11-31-19(17)21(29)25-18/h2-11H,12H2,1H3,(H,24,25,29). The van der Waals surface area contributed by atoms with Crippen molar-refractivity contribution in [1.29, 1.82) is 0 Å². The number of thioether (sulfide) groups is 1. The molecule has 0 radical (unpaired) electrons. The third kappa shape index (κ3) is 4.02. The highest BCUT2D eigenvalue weighted by Crippen LogP contribution is 2.30. The lowest BCUT2D eigenvalue weighted by Gasteiger charge is -2.11. The average molecular weight is 482 g/mol. The van der Waals surface area contributed by atoms with E-state index >= 15 is 0 Å². The third-order valence-electron chi connectivity index (χ3n) is 4.77. The molecule has 0 aliphatic rings. The Labute approximate surface area is 196 Å². The van der Waals surface area contributed by atoms with Crippen molar-refractivity contribution in [2.75, 3.05) is 7.11 Å². The summed E-state index contributed by atoms with van der Waals surface area (Å²) >= 11 is 8.92. The number of methoxy groups -OCH3 is 1. The number of hydrogen-bond acceptors (Lipinski definition) is 7. The molecule has 0 bridgehead atoms. The Balaban J connectivity index is 1.52. The van der Waals surface area contributed by atoms with Crippen molar-refractivity contribution >= 4 is 44.9 Å². The van der Waals surface area contributed by atoms with E-state index in [2.05, 4.69) is 20.2 Å². The summed E-state index contributed by atoms with van der Waals surface area (Å²) in [4.78, 5) is 19.7. The maximum Gasteiger partial charge on any atom is 0.268 e. The van der Waals surface area contributed by atoms with E-state index in [1.165, 1.54) is 23.1 Å². The van der Waals surface area contributed by atoms with Gasteiger partial charge in [0.25, 0.3) is 5.56 Å². The minimum absolute atomic E-state index is 0.126. The molecule has 0 fully saturated rings. The summed E-state index contributed by atoms with van der Waals surface area (Å²) in [5, 5.41) is 12.0. The van der Waals surface area contributed by atoms with E-state index in [1.54, 1.807) is 7.11 Å². The molecule has 0 saturated carbocycles. The van der Waals surface area contributed by atoms with Gasteiger partial charge in [0.1, 0.15) is 16.3 Å². The molecule has 10 heteroatoms. The third-order valence-corrected chi connectivity index (χ3v) is 6.86. The van der Waals surface area contributed by atoms with E-state index in [1.807, 2.05) is 64.5 Å². The summed E-state index contributed by atoms with van der Waals surface area (Å²) in [5.74, 6) is 2.48. The van der Waals surface area contributed by atoms with Gasteiger partial charge in [-0.2, -0.15) is 0 Å². The maximum atomic E-state index is 12.3. The molecule has 160 valence electrons. The minimum Gasteiger partial charge on any atom is -0.497 e. The van der Waals surface area contributed by atoms with E-state index in [9.17, 15) is 4.79 Å². The zero-order valence-corrected chi connectivity index (χ0v) is 19.2. The Hall–Kier alpha value is -3.14. The number of aromatic nitrogens is 5. The first-order chi connectivity index (χ1) is 15.6. The van der Waals surface area contributed by atoms with Gasteiger partial charge < -0.3 is 9.72 Å². The highest BCUT2D eigenvalue weighted by molar-refractivity contribution is 7.98. The molecule has 2 aromatic carbocycles. The average Bonchev–Trinajstić information content (AvgIpc) is 3.46. The number of aromatic amines is 1. The van der Waals surface area contributed by atoms with Gasteiger partial charge in [0.15, 0.2) is 11.0 Å². The van der Waals surface area contributed by atoms with Crippen molar-refractivity contribution in [3.05, 3.63) is 81.2 Å². The largest absolute Gasteiger partial charge is 0.497 e. The fourth-order valence-electron chi connectivity index (χ4n) is 3.24. The van der Waals surface area contributed by atoms with Crippen LogP contribution in [-0.4, -0.2) is 31.8 Å². The van der Waals surface area contributed by atoms with Crippen LogP contribution < -0.4 is 10.3 Å². The molecule has 1 N–H and O–H groups in total. The molecule has 5 aromatic rings. The quantitative estimate of drug-likeness (QED) is 0.336. The van der Waals surface area contributed by atoms with Crippen molar-refractivity contribution in [2.24, 2.45) is 0 Å². The zero-order chi connectivity index (χ0) is 22.1. The molecular formula is C22H16ClN5O2S2. The summed E-state index contributed by atoms with van der Waals surface area (Å²) in [7, 11) is 1.63. The van der Waals surface area contributed by atoms with Crippen LogP contribution in [0.4, 0.5) is 0 Å². The Morgan fingerprint density at radius 1 is 1.09 bits per heavy atom. The molecular weight excluding hydrogens is 466 g/mol. The minimum atomic E-state index is -0.126. The van der Waals surface area contributed by atoms with Gasteiger partial charge >= 0.3 is 0 Å². The maximum absolute atomic E-state index is 12.3. The number of nitrogens with one attached hydrogen (secondary N) is 1. The summed E-state index contributed by atoms with van der Waals surface area (Å²) in [6, 6.07) is 17.0. The SMILES string of the molecule is COc1ccc(-c2nnc(SCc3nc4ccsc4c(=O)[nH]3)n2-c2ccc(Cl)cc2)cc1. The monoisotopic (exact) mass is 481 g/mol. The van der Waals surface area contributed by atoms with E-state index in [0.29, 0.717) is 37.8 Å². The molecule has 5 rings (SSSR count). The van der Waals surface area contributed by atoms with E-state index in [0.717, 1.165) is 17.0 Å². The second-order valence-electron chi connectivity index (χ2n) is 6.78. The predicted octanol–water partition coefficient (Wildman–Crippen LogP) is 5.19. The van der Waals surface area contributed by atoms with Crippen LogP contribution in [0, 0.1) is 0 Å². The molecule has 0 amide bonds. The highest BCUT2D eigenvalue weighted by atomic mass is 35.5.